The summed E-state index contributed by atoms with van der Waals surface area (Å²) < 4.78 is 0. The third kappa shape index (κ3) is 4.21. The second kappa shape index (κ2) is 9.29. The highest BCUT2D eigenvalue weighted by Crippen LogP contribution is 2.56. The van der Waals surface area contributed by atoms with Gasteiger partial charge >= 0.3 is 11.9 Å². The fraction of sp³-hybridized carbons (Fsp3) is 0.500. The molecule has 2 fully saturated rings. The summed E-state index contributed by atoms with van der Waals surface area (Å²) in [6.45, 7) is 5.84. The molecular weight excluding hydrogens is 474 g/mol. The van der Waals surface area contributed by atoms with Gasteiger partial charge in [-0.3, -0.25) is 14.5 Å². The molecule has 2 amide bonds. The van der Waals surface area contributed by atoms with Gasteiger partial charge in [0, 0.05) is 34.6 Å². The van der Waals surface area contributed by atoms with Crippen LogP contribution in [0.2, 0.25) is 0 Å². The number of carboxylic acids is 2. The van der Waals surface area contributed by atoms with E-state index in [0.717, 1.165) is 0 Å². The van der Waals surface area contributed by atoms with Crippen LogP contribution in [0.3, 0.4) is 0 Å². The lowest BCUT2D eigenvalue weighted by Crippen LogP contribution is -2.89. The van der Waals surface area contributed by atoms with Crippen molar-refractivity contribution >= 4 is 41.2 Å². The third-order valence-corrected chi connectivity index (χ3v) is 9.05. The molecule has 1 aromatic rings. The fourth-order valence-electron chi connectivity index (χ4n) is 5.44. The van der Waals surface area contributed by atoms with Crippen LogP contribution in [0.4, 0.5) is 5.69 Å². The van der Waals surface area contributed by atoms with Gasteiger partial charge in [-0.25, -0.2) is 9.59 Å². The molecule has 0 spiro atoms. The van der Waals surface area contributed by atoms with Crippen LogP contribution in [0, 0.1) is 17.3 Å². The Balaban J connectivity index is 1.39. The average Bonchev–Trinajstić information content (AvgIpc) is 3.38. The highest BCUT2D eigenvalue weighted by Gasteiger charge is 2.67. The Hall–Kier alpha value is -2.89. The zero-order valence-corrected chi connectivity index (χ0v) is 20.5. The van der Waals surface area contributed by atoms with Crippen LogP contribution in [0.15, 0.2) is 34.9 Å². The van der Waals surface area contributed by atoms with Crippen LogP contribution in [0.1, 0.15) is 37.6 Å². The largest absolute Gasteiger partial charge is 0.478 e. The molecule has 6 N–H and O–H groups in total. The minimum atomic E-state index is -1.15. The Morgan fingerprint density at radius 3 is 2.63 bits per heavy atom. The molecule has 0 bridgehead atoms. The topological polar surface area (TPSA) is 161 Å². The summed E-state index contributed by atoms with van der Waals surface area (Å²) in [4.78, 5) is 50.6. The number of aliphatic hydroxyl groups excluding tert-OH is 1. The minimum Gasteiger partial charge on any atom is -0.478 e. The molecule has 0 saturated carbocycles. The van der Waals surface area contributed by atoms with Crippen LogP contribution < -0.4 is 10.6 Å². The molecule has 3 heterocycles. The Bertz CT molecular complexity index is 1120. The lowest BCUT2D eigenvalue weighted by atomic mass is 9.66. The van der Waals surface area contributed by atoms with Crippen LogP contribution in [-0.4, -0.2) is 74.5 Å². The SMILES string of the molecule is C[C@H]1C(SC[C@@H]2C[NH2+][C@H](C(=O)Nc3cccc(C(=O)O)c3)C2)=C(C(=O)O)N2C(=O)[C@](C)([C@@H](C)O)C12. The molecule has 11 heteroatoms. The van der Waals surface area contributed by atoms with E-state index in [9.17, 15) is 29.4 Å². The lowest BCUT2D eigenvalue weighted by Gasteiger charge is -2.54. The smallest absolute Gasteiger partial charge is 0.353 e. The second-order valence-electron chi connectivity index (χ2n) is 9.75. The molecule has 3 aliphatic rings. The van der Waals surface area contributed by atoms with Gasteiger partial charge in [-0.05, 0) is 32.0 Å². The first-order chi connectivity index (χ1) is 16.5. The second-order valence-corrected chi connectivity index (χ2v) is 10.8. The van der Waals surface area contributed by atoms with Gasteiger partial charge in [0.2, 0.25) is 5.91 Å². The van der Waals surface area contributed by atoms with E-state index in [-0.39, 0.29) is 47.0 Å². The number of aromatic carboxylic acids is 1. The summed E-state index contributed by atoms with van der Waals surface area (Å²) in [5.74, 6) is -2.25. The standard InChI is InChI=1S/C24H29N3O7S/c1-11-18(17(22(32)33)27-19(11)24(3,12(2)28)23(27)34)35-10-13-7-16(25-9-13)20(29)26-15-6-4-5-14(8-15)21(30)31/h4-6,8,11-13,16,19,25,28H,7,9-10H2,1-3H3,(H,26,29)(H,30,31)(H,32,33)/p+1/t11-,12+,13-,16-,19?,24+/m0/s1. The van der Waals surface area contributed by atoms with E-state index < -0.39 is 23.5 Å². The van der Waals surface area contributed by atoms with Gasteiger partial charge in [0.15, 0.2) is 6.04 Å². The number of amides is 2. The number of benzene rings is 1. The quantitative estimate of drug-likeness (QED) is 0.321. The molecule has 0 aromatic heterocycles. The predicted octanol–water partition coefficient (Wildman–Crippen LogP) is 0.552. The predicted molar refractivity (Wildman–Crippen MR) is 127 cm³/mol. The van der Waals surface area contributed by atoms with Gasteiger partial charge in [0.25, 0.3) is 5.91 Å². The molecule has 4 rings (SSSR count). The summed E-state index contributed by atoms with van der Waals surface area (Å²) in [6.07, 6.45) is -0.295. The molecule has 6 atom stereocenters. The number of carbonyl (C=O) groups excluding carboxylic acids is 2. The highest BCUT2D eigenvalue weighted by molar-refractivity contribution is 8.03. The molecule has 188 valence electrons. The van der Waals surface area contributed by atoms with Crippen molar-refractivity contribution in [2.24, 2.45) is 17.3 Å². The van der Waals surface area contributed by atoms with Crippen molar-refractivity contribution in [2.45, 2.75) is 45.4 Å². The molecule has 0 aliphatic carbocycles. The first kappa shape index (κ1) is 25.2. The molecule has 1 unspecified atom stereocenters. The molecular formula is C24H30N3O7S+. The van der Waals surface area contributed by atoms with E-state index in [1.807, 2.05) is 12.2 Å². The van der Waals surface area contributed by atoms with Gasteiger partial charge in [0.1, 0.15) is 5.70 Å². The number of nitrogens with two attached hydrogens (primary N) is 1. The van der Waals surface area contributed by atoms with Gasteiger partial charge in [-0.1, -0.05) is 13.0 Å². The summed E-state index contributed by atoms with van der Waals surface area (Å²) in [5.41, 5.74) is -0.488. The van der Waals surface area contributed by atoms with Gasteiger partial charge < -0.3 is 26.0 Å². The van der Waals surface area contributed by atoms with Crippen LogP contribution in [0.5, 0.6) is 0 Å². The number of carbonyl (C=O) groups is 4. The number of carboxylic acid groups (broad SMARTS) is 2. The van der Waals surface area contributed by atoms with Crippen molar-refractivity contribution < 1.29 is 39.8 Å². The number of hydrogen-bond donors (Lipinski definition) is 5. The number of anilines is 1. The molecule has 35 heavy (non-hydrogen) atoms. The van der Waals surface area contributed by atoms with Crippen molar-refractivity contribution in [1.82, 2.24) is 4.90 Å². The molecule has 3 aliphatic heterocycles. The van der Waals surface area contributed by atoms with E-state index in [2.05, 4.69) is 5.32 Å². The number of hydrogen-bond acceptors (Lipinski definition) is 6. The number of β-lactam (4-membered cyclic amide) rings is 1. The summed E-state index contributed by atoms with van der Waals surface area (Å²) in [6, 6.07) is 5.36. The summed E-state index contributed by atoms with van der Waals surface area (Å²) in [5, 5.41) is 33.9. The zero-order valence-electron chi connectivity index (χ0n) is 19.7. The van der Waals surface area contributed by atoms with Crippen molar-refractivity contribution in [3.8, 4) is 0 Å². The normalized spacial score (nSPS) is 30.6. The first-order valence-corrected chi connectivity index (χ1v) is 12.5. The maximum absolute atomic E-state index is 12.8. The summed E-state index contributed by atoms with van der Waals surface area (Å²) >= 11 is 1.42. The van der Waals surface area contributed by atoms with Gasteiger partial charge in [-0.15, -0.1) is 11.8 Å². The Morgan fingerprint density at radius 2 is 2.00 bits per heavy atom. The molecule has 1 aromatic carbocycles. The number of nitrogens with one attached hydrogen (secondary N) is 1. The van der Waals surface area contributed by atoms with E-state index in [4.69, 9.17) is 5.11 Å². The number of fused-ring (bicyclic) bond motifs is 1. The number of rotatable bonds is 8. The van der Waals surface area contributed by atoms with Crippen molar-refractivity contribution in [3.63, 3.8) is 0 Å². The van der Waals surface area contributed by atoms with Crippen LogP contribution in [-0.2, 0) is 14.4 Å². The minimum absolute atomic E-state index is 0.00482. The maximum atomic E-state index is 12.8. The number of quaternary nitrogens is 1. The number of nitrogens with zero attached hydrogens (tertiary/aromatic N) is 1. The average molecular weight is 505 g/mol. The molecule has 0 radical (unpaired) electrons. The van der Waals surface area contributed by atoms with E-state index in [1.54, 1.807) is 26.0 Å². The third-order valence-electron chi connectivity index (χ3n) is 7.53. The van der Waals surface area contributed by atoms with E-state index in [0.29, 0.717) is 29.3 Å². The van der Waals surface area contributed by atoms with Gasteiger partial charge in [-0.2, -0.15) is 0 Å². The maximum Gasteiger partial charge on any atom is 0.353 e. The van der Waals surface area contributed by atoms with Crippen LogP contribution in [0.25, 0.3) is 0 Å². The monoisotopic (exact) mass is 504 g/mol. The molecule has 2 saturated heterocycles. The van der Waals surface area contributed by atoms with Crippen LogP contribution >= 0.6 is 11.8 Å². The summed E-state index contributed by atoms with van der Waals surface area (Å²) in [7, 11) is 0. The zero-order chi connectivity index (χ0) is 25.7. The van der Waals surface area contributed by atoms with E-state index >= 15 is 0 Å². The molecule has 10 nitrogen and oxygen atoms in total. The van der Waals surface area contributed by atoms with Crippen molar-refractivity contribution in [1.29, 1.82) is 0 Å². The van der Waals surface area contributed by atoms with E-state index in [1.165, 1.54) is 28.8 Å². The first-order valence-electron chi connectivity index (χ1n) is 11.6. The van der Waals surface area contributed by atoms with Crippen molar-refractivity contribution in [2.75, 3.05) is 17.6 Å². The number of aliphatic hydroxyl groups is 1. The number of thioether (sulfide) groups is 1. The number of aliphatic carboxylic acids is 1. The van der Waals surface area contributed by atoms with Gasteiger partial charge in [0.05, 0.1) is 29.7 Å². The highest BCUT2D eigenvalue weighted by atomic mass is 32.2. The lowest BCUT2D eigenvalue weighted by molar-refractivity contribution is -0.658. The van der Waals surface area contributed by atoms with Crippen molar-refractivity contribution in [3.05, 3.63) is 40.4 Å². The Labute approximate surface area is 206 Å². The fourth-order valence-corrected chi connectivity index (χ4v) is 6.84. The Morgan fingerprint density at radius 1 is 1.29 bits per heavy atom. The Kier molecular flexibility index (Phi) is 6.69.